The highest BCUT2D eigenvalue weighted by Gasteiger charge is 2.27. The molecule has 2 saturated heterocycles. The van der Waals surface area contributed by atoms with Gasteiger partial charge in [0.2, 0.25) is 5.91 Å². The Labute approximate surface area is 196 Å². The van der Waals surface area contributed by atoms with Crippen molar-refractivity contribution >= 4 is 23.3 Å². The molecule has 2 aliphatic heterocycles. The van der Waals surface area contributed by atoms with Crippen molar-refractivity contribution in [2.75, 3.05) is 37.7 Å². The maximum Gasteiger partial charge on any atom is 0.254 e. The van der Waals surface area contributed by atoms with E-state index >= 15 is 0 Å². The van der Waals surface area contributed by atoms with E-state index in [0.29, 0.717) is 25.1 Å². The van der Waals surface area contributed by atoms with Gasteiger partial charge in [-0.15, -0.1) is 0 Å². The van der Waals surface area contributed by atoms with Crippen LogP contribution < -0.4 is 9.64 Å². The summed E-state index contributed by atoms with van der Waals surface area (Å²) in [6.45, 7) is 2.96. The van der Waals surface area contributed by atoms with Gasteiger partial charge in [-0.25, -0.2) is 8.78 Å². The molecule has 1 atom stereocenters. The van der Waals surface area contributed by atoms with E-state index in [1.54, 1.807) is 41.0 Å². The molecule has 2 fully saturated rings. The van der Waals surface area contributed by atoms with Crippen LogP contribution in [-0.2, 0) is 9.53 Å². The number of nitrogens with zero attached hydrogens (tertiary/aromatic N) is 2. The maximum atomic E-state index is 14.3. The van der Waals surface area contributed by atoms with Crippen molar-refractivity contribution in [2.45, 2.75) is 32.3 Å². The highest BCUT2D eigenvalue weighted by Crippen LogP contribution is 2.25. The van der Waals surface area contributed by atoms with Crippen LogP contribution in [0.15, 0.2) is 36.4 Å². The van der Waals surface area contributed by atoms with Crippen LogP contribution >= 0.6 is 0 Å². The van der Waals surface area contributed by atoms with Gasteiger partial charge in [-0.1, -0.05) is 6.92 Å². The van der Waals surface area contributed by atoms with E-state index in [4.69, 9.17) is 9.47 Å². The first kappa shape index (κ1) is 23.8. The van der Waals surface area contributed by atoms with Crippen LogP contribution in [-0.4, -0.2) is 61.4 Å². The highest BCUT2D eigenvalue weighted by molar-refractivity contribution is 5.98. The van der Waals surface area contributed by atoms with Gasteiger partial charge in [0.15, 0.2) is 23.2 Å². The number of carbonyl (C=O) groups is 3. The van der Waals surface area contributed by atoms with Gasteiger partial charge >= 0.3 is 0 Å². The number of ketones is 1. The average Bonchev–Trinajstić information content (AvgIpc) is 3.28. The Hall–Kier alpha value is -3.33. The van der Waals surface area contributed by atoms with Gasteiger partial charge in [0.25, 0.3) is 5.91 Å². The molecular weight excluding hydrogens is 446 g/mol. The number of hydrogen-bond acceptors (Lipinski definition) is 5. The van der Waals surface area contributed by atoms with E-state index in [-0.39, 0.29) is 49.3 Å². The second-order valence-electron chi connectivity index (χ2n) is 8.30. The summed E-state index contributed by atoms with van der Waals surface area (Å²) < 4.78 is 39.6. The predicted molar refractivity (Wildman–Crippen MR) is 120 cm³/mol. The van der Waals surface area contributed by atoms with Crippen LogP contribution in [0.25, 0.3) is 0 Å². The largest absolute Gasteiger partial charge is 0.485 e. The van der Waals surface area contributed by atoms with Crippen LogP contribution in [0.2, 0.25) is 0 Å². The molecule has 2 aromatic rings. The zero-order chi connectivity index (χ0) is 24.2. The summed E-state index contributed by atoms with van der Waals surface area (Å²) in [7, 11) is 0. The molecule has 0 aromatic heterocycles. The number of anilines is 1. The minimum Gasteiger partial charge on any atom is -0.485 e. The van der Waals surface area contributed by atoms with E-state index in [9.17, 15) is 23.2 Å². The molecule has 9 heteroatoms. The lowest BCUT2D eigenvalue weighted by Gasteiger charge is -2.33. The molecule has 0 spiro atoms. The summed E-state index contributed by atoms with van der Waals surface area (Å²) in [5, 5.41) is 0. The number of amides is 2. The molecule has 0 radical (unpaired) electrons. The molecule has 0 saturated carbocycles. The van der Waals surface area contributed by atoms with Gasteiger partial charge in [-0.3, -0.25) is 14.4 Å². The number of morpholine rings is 1. The number of rotatable bonds is 7. The summed E-state index contributed by atoms with van der Waals surface area (Å²) in [5.74, 6) is -2.99. The summed E-state index contributed by atoms with van der Waals surface area (Å²) >= 11 is 0. The fraction of sp³-hybridized carbons (Fsp3) is 0.400. The van der Waals surface area contributed by atoms with E-state index in [1.807, 2.05) is 0 Å². The minimum absolute atomic E-state index is 0.0457. The third-order valence-corrected chi connectivity index (χ3v) is 5.98. The molecule has 4 rings (SSSR count). The number of benzene rings is 2. The monoisotopic (exact) mass is 472 g/mol. The third kappa shape index (κ3) is 5.09. The van der Waals surface area contributed by atoms with Crippen molar-refractivity contribution in [3.63, 3.8) is 0 Å². The van der Waals surface area contributed by atoms with Crippen molar-refractivity contribution in [3.05, 3.63) is 59.2 Å². The zero-order valence-corrected chi connectivity index (χ0v) is 18.9. The van der Waals surface area contributed by atoms with Crippen LogP contribution in [0.1, 0.15) is 46.9 Å². The van der Waals surface area contributed by atoms with Gasteiger partial charge < -0.3 is 19.3 Å². The molecule has 2 aliphatic rings. The normalized spacial score (nSPS) is 18.3. The zero-order valence-electron chi connectivity index (χ0n) is 18.9. The van der Waals surface area contributed by atoms with E-state index in [1.165, 1.54) is 0 Å². The smallest absolute Gasteiger partial charge is 0.254 e. The fourth-order valence-corrected chi connectivity index (χ4v) is 4.13. The molecule has 180 valence electrons. The van der Waals surface area contributed by atoms with Gasteiger partial charge in [0, 0.05) is 42.7 Å². The molecule has 2 heterocycles. The maximum absolute atomic E-state index is 14.3. The quantitative estimate of drug-likeness (QED) is 0.576. The lowest BCUT2D eigenvalue weighted by Crippen LogP contribution is -2.47. The summed E-state index contributed by atoms with van der Waals surface area (Å²) in [6, 6.07) is 8.82. The van der Waals surface area contributed by atoms with Gasteiger partial charge in [-0.05, 0) is 42.8 Å². The Morgan fingerprint density at radius 1 is 1.09 bits per heavy atom. The molecule has 34 heavy (non-hydrogen) atoms. The Bertz CT molecular complexity index is 1070. The fourth-order valence-electron chi connectivity index (χ4n) is 4.13. The SMILES string of the molecule is CCC(=O)c1cc(F)c(OCC2CN(C(=O)c3ccc(N4CCCC4=O)cc3)CCO2)c(F)c1. The third-order valence-electron chi connectivity index (χ3n) is 5.98. The van der Waals surface area contributed by atoms with Crippen molar-refractivity contribution in [3.8, 4) is 5.75 Å². The molecule has 0 bridgehead atoms. The summed E-state index contributed by atoms with van der Waals surface area (Å²) in [4.78, 5) is 39.9. The Kier molecular flexibility index (Phi) is 7.21. The topological polar surface area (TPSA) is 76.2 Å². The van der Waals surface area contributed by atoms with E-state index in [2.05, 4.69) is 0 Å². The molecule has 2 amide bonds. The number of ether oxygens (including phenoxy) is 2. The summed E-state index contributed by atoms with van der Waals surface area (Å²) in [5.41, 5.74) is 1.20. The van der Waals surface area contributed by atoms with Crippen LogP contribution in [0.3, 0.4) is 0 Å². The Balaban J connectivity index is 1.36. The van der Waals surface area contributed by atoms with Crippen molar-refractivity contribution in [1.29, 1.82) is 0 Å². The summed E-state index contributed by atoms with van der Waals surface area (Å²) in [6.07, 6.45) is 0.922. The molecule has 0 aliphatic carbocycles. The minimum atomic E-state index is -0.961. The molecule has 2 aromatic carbocycles. The van der Waals surface area contributed by atoms with Crippen molar-refractivity contribution < 1.29 is 32.6 Å². The Morgan fingerprint density at radius 2 is 1.79 bits per heavy atom. The van der Waals surface area contributed by atoms with Crippen molar-refractivity contribution in [2.24, 2.45) is 0 Å². The number of carbonyl (C=O) groups excluding carboxylic acids is 3. The van der Waals surface area contributed by atoms with Gasteiger partial charge in [-0.2, -0.15) is 0 Å². The second kappa shape index (κ2) is 10.3. The highest BCUT2D eigenvalue weighted by atomic mass is 19.1. The average molecular weight is 472 g/mol. The first-order chi connectivity index (χ1) is 16.4. The second-order valence-corrected chi connectivity index (χ2v) is 8.30. The molecular formula is C25H26F2N2O5. The predicted octanol–water partition coefficient (Wildman–Crippen LogP) is 3.60. The Morgan fingerprint density at radius 3 is 2.41 bits per heavy atom. The lowest BCUT2D eigenvalue weighted by molar-refractivity contribution is -0.117. The first-order valence-corrected chi connectivity index (χ1v) is 11.3. The standard InChI is InChI=1S/C25H26F2N2O5/c1-2-22(30)17-12-20(26)24(21(27)13-17)34-15-19-14-28(10-11-33-19)25(32)16-5-7-18(8-6-16)29-9-3-4-23(29)31/h5-8,12-13,19H,2-4,9-11,14-15H2,1H3. The van der Waals surface area contributed by atoms with Crippen molar-refractivity contribution in [1.82, 2.24) is 4.90 Å². The molecule has 1 unspecified atom stereocenters. The first-order valence-electron chi connectivity index (χ1n) is 11.3. The lowest BCUT2D eigenvalue weighted by atomic mass is 10.1. The van der Waals surface area contributed by atoms with Crippen LogP contribution in [0.5, 0.6) is 5.75 Å². The van der Waals surface area contributed by atoms with Crippen LogP contribution in [0.4, 0.5) is 14.5 Å². The molecule has 7 nitrogen and oxygen atoms in total. The number of hydrogen-bond donors (Lipinski definition) is 0. The number of halogens is 2. The van der Waals surface area contributed by atoms with E-state index < -0.39 is 23.5 Å². The van der Waals surface area contributed by atoms with E-state index in [0.717, 1.165) is 24.2 Å². The molecule has 0 N–H and O–H groups in total. The van der Waals surface area contributed by atoms with Gasteiger partial charge in [0.05, 0.1) is 13.2 Å². The van der Waals surface area contributed by atoms with Gasteiger partial charge in [0.1, 0.15) is 12.7 Å². The van der Waals surface area contributed by atoms with Crippen LogP contribution in [0, 0.1) is 11.6 Å². The number of Topliss-reactive ketones (excluding diaryl/α,β-unsaturated/α-hetero) is 1.